The van der Waals surface area contributed by atoms with Crippen molar-refractivity contribution >= 4 is 28.6 Å². The zero-order chi connectivity index (χ0) is 17.3. The monoisotopic (exact) mass is 357 g/mol. The van der Waals surface area contributed by atoms with E-state index in [-0.39, 0.29) is 12.4 Å². The van der Waals surface area contributed by atoms with Crippen LogP contribution in [0.2, 0.25) is 5.02 Å². The molecule has 1 aromatic carbocycles. The Labute approximate surface area is 145 Å². The molecule has 1 aromatic rings. The maximum atomic E-state index is 12.7. The van der Waals surface area contributed by atoms with Gasteiger partial charge in [0.1, 0.15) is 0 Å². The number of hydrogen-bond donors (Lipinski definition) is 1. The van der Waals surface area contributed by atoms with Gasteiger partial charge in [-0.25, -0.2) is 8.93 Å². The first kappa shape index (κ1) is 18.4. The molecule has 4 nitrogen and oxygen atoms in total. The third kappa shape index (κ3) is 3.95. The van der Waals surface area contributed by atoms with Crippen molar-refractivity contribution in [2.45, 2.75) is 57.2 Å². The van der Waals surface area contributed by atoms with E-state index in [9.17, 15) is 9.00 Å². The number of carbonyl (C=O) groups is 1. The highest BCUT2D eigenvalue weighted by atomic mass is 35.5. The van der Waals surface area contributed by atoms with Crippen molar-refractivity contribution in [2.24, 2.45) is 0 Å². The molecule has 0 radical (unpaired) electrons. The summed E-state index contributed by atoms with van der Waals surface area (Å²) in [7, 11) is -1.30. The lowest BCUT2D eigenvalue weighted by atomic mass is 9.89. The maximum Gasteiger partial charge on any atom is 0.308 e. The zero-order valence-electron chi connectivity index (χ0n) is 14.1. The number of carbonyl (C=O) groups excluding carboxylic acids is 1. The highest BCUT2D eigenvalue weighted by Gasteiger charge is 2.44. The minimum absolute atomic E-state index is 0.149. The molecule has 0 aromatic heterocycles. The van der Waals surface area contributed by atoms with Gasteiger partial charge in [-0.3, -0.25) is 4.79 Å². The third-order valence-electron chi connectivity index (χ3n) is 4.03. The van der Waals surface area contributed by atoms with Crippen LogP contribution in [0.5, 0.6) is 0 Å². The molecule has 0 heterocycles. The minimum atomic E-state index is -1.30. The lowest BCUT2D eigenvalue weighted by Crippen LogP contribution is -2.48. The summed E-state index contributed by atoms with van der Waals surface area (Å²) in [5.74, 6) is -0.293. The molecule has 2 rings (SSSR count). The molecule has 0 aliphatic heterocycles. The predicted octanol–water partition coefficient (Wildman–Crippen LogP) is 3.49. The normalized spacial score (nSPS) is 21.8. The molecule has 6 heteroatoms. The standard InChI is InChI=1S/C17H24ClNO3S/c1-5-22-15(20)11-17(19-23(21)16(2,3)4)10-9-12-13(17)7-6-8-14(12)18/h6-8,19H,5,9-11H2,1-4H3. The number of fused-ring (bicyclic) bond motifs is 1. The summed E-state index contributed by atoms with van der Waals surface area (Å²) in [6, 6.07) is 5.68. The summed E-state index contributed by atoms with van der Waals surface area (Å²) >= 11 is 6.30. The molecule has 0 bridgehead atoms. The lowest BCUT2D eigenvalue weighted by molar-refractivity contribution is -0.144. The van der Waals surface area contributed by atoms with E-state index in [4.69, 9.17) is 16.3 Å². The predicted molar refractivity (Wildman–Crippen MR) is 93.7 cm³/mol. The van der Waals surface area contributed by atoms with Gasteiger partial charge in [-0.1, -0.05) is 23.7 Å². The number of rotatable bonds is 5. The van der Waals surface area contributed by atoms with Crippen LogP contribution in [0.1, 0.15) is 51.7 Å². The summed E-state index contributed by atoms with van der Waals surface area (Å²) < 4.78 is 20.6. The van der Waals surface area contributed by atoms with Gasteiger partial charge in [-0.2, -0.15) is 0 Å². The van der Waals surface area contributed by atoms with Crippen LogP contribution < -0.4 is 4.72 Å². The quantitative estimate of drug-likeness (QED) is 0.821. The SMILES string of the molecule is CCOC(=O)CC1(NS(=O)C(C)(C)C)CCc2c(Cl)cccc21. The van der Waals surface area contributed by atoms with Gasteiger partial charge in [0.05, 0.1) is 34.3 Å². The summed E-state index contributed by atoms with van der Waals surface area (Å²) in [5, 5.41) is 0.691. The Kier molecular flexibility index (Phi) is 5.54. The second-order valence-electron chi connectivity index (χ2n) is 6.81. The molecule has 0 saturated heterocycles. The van der Waals surface area contributed by atoms with Crippen molar-refractivity contribution in [3.8, 4) is 0 Å². The van der Waals surface area contributed by atoms with Gasteiger partial charge in [0.25, 0.3) is 0 Å². The molecular weight excluding hydrogens is 334 g/mol. The Morgan fingerprint density at radius 1 is 1.43 bits per heavy atom. The zero-order valence-corrected chi connectivity index (χ0v) is 15.6. The van der Waals surface area contributed by atoms with E-state index >= 15 is 0 Å². The van der Waals surface area contributed by atoms with E-state index < -0.39 is 21.3 Å². The topological polar surface area (TPSA) is 55.4 Å². The van der Waals surface area contributed by atoms with E-state index in [1.807, 2.05) is 39.0 Å². The molecule has 0 fully saturated rings. The second-order valence-corrected chi connectivity index (χ2v) is 9.19. The van der Waals surface area contributed by atoms with E-state index in [1.54, 1.807) is 6.92 Å². The van der Waals surface area contributed by atoms with E-state index in [2.05, 4.69) is 4.72 Å². The molecule has 2 unspecified atom stereocenters. The average Bonchev–Trinajstić information content (AvgIpc) is 2.78. The molecular formula is C17H24ClNO3S. The van der Waals surface area contributed by atoms with E-state index in [0.717, 1.165) is 17.5 Å². The van der Waals surface area contributed by atoms with Crippen LogP contribution in [0.4, 0.5) is 0 Å². The molecule has 23 heavy (non-hydrogen) atoms. The summed E-state index contributed by atoms with van der Waals surface area (Å²) in [5.41, 5.74) is 1.29. The molecule has 1 aliphatic rings. The van der Waals surface area contributed by atoms with Crippen molar-refractivity contribution in [3.63, 3.8) is 0 Å². The maximum absolute atomic E-state index is 12.7. The van der Waals surface area contributed by atoms with Gasteiger partial charge in [0, 0.05) is 5.02 Å². The van der Waals surface area contributed by atoms with Crippen LogP contribution in [-0.2, 0) is 32.5 Å². The number of halogens is 1. The Hall–Kier alpha value is -0.910. The van der Waals surface area contributed by atoms with Crippen LogP contribution in [0.15, 0.2) is 18.2 Å². The molecule has 0 saturated carbocycles. The van der Waals surface area contributed by atoms with E-state index in [1.165, 1.54) is 0 Å². The Balaban J connectivity index is 2.41. The number of nitrogens with one attached hydrogen (secondary N) is 1. The summed E-state index contributed by atoms with van der Waals surface area (Å²) in [6.07, 6.45) is 1.57. The van der Waals surface area contributed by atoms with Crippen LogP contribution in [0.25, 0.3) is 0 Å². The first-order valence-electron chi connectivity index (χ1n) is 7.83. The number of esters is 1. The number of ether oxygens (including phenoxy) is 1. The lowest BCUT2D eigenvalue weighted by Gasteiger charge is -2.33. The molecule has 128 valence electrons. The Morgan fingerprint density at radius 3 is 2.74 bits per heavy atom. The fourth-order valence-electron chi connectivity index (χ4n) is 2.85. The first-order valence-corrected chi connectivity index (χ1v) is 9.35. The largest absolute Gasteiger partial charge is 0.466 e. The summed E-state index contributed by atoms with van der Waals surface area (Å²) in [6.45, 7) is 7.83. The van der Waals surface area contributed by atoms with Crippen molar-refractivity contribution in [3.05, 3.63) is 34.3 Å². The minimum Gasteiger partial charge on any atom is -0.466 e. The van der Waals surface area contributed by atoms with E-state index in [0.29, 0.717) is 18.1 Å². The molecule has 2 atom stereocenters. The van der Waals surface area contributed by atoms with Gasteiger partial charge in [0.15, 0.2) is 0 Å². The molecule has 0 amide bonds. The molecule has 0 spiro atoms. The molecule has 1 aliphatic carbocycles. The highest BCUT2D eigenvalue weighted by Crippen LogP contribution is 2.43. The number of benzene rings is 1. The van der Waals surface area contributed by atoms with Crippen LogP contribution in [0.3, 0.4) is 0 Å². The van der Waals surface area contributed by atoms with Gasteiger partial charge in [-0.15, -0.1) is 0 Å². The van der Waals surface area contributed by atoms with Crippen molar-refractivity contribution in [1.29, 1.82) is 0 Å². The van der Waals surface area contributed by atoms with Gasteiger partial charge in [-0.05, 0) is 57.7 Å². The molecule has 1 N–H and O–H groups in total. The van der Waals surface area contributed by atoms with Crippen LogP contribution in [-0.4, -0.2) is 21.5 Å². The van der Waals surface area contributed by atoms with Crippen molar-refractivity contribution in [2.75, 3.05) is 6.61 Å². The fourth-order valence-corrected chi connectivity index (χ4v) is 4.06. The van der Waals surface area contributed by atoms with Crippen molar-refractivity contribution in [1.82, 2.24) is 4.72 Å². The average molecular weight is 358 g/mol. The van der Waals surface area contributed by atoms with Crippen molar-refractivity contribution < 1.29 is 13.7 Å². The summed E-state index contributed by atoms with van der Waals surface area (Å²) in [4.78, 5) is 12.1. The Morgan fingerprint density at radius 2 is 2.13 bits per heavy atom. The van der Waals surface area contributed by atoms with Gasteiger partial charge in [0.2, 0.25) is 0 Å². The van der Waals surface area contributed by atoms with Crippen LogP contribution in [0, 0.1) is 0 Å². The van der Waals surface area contributed by atoms with Crippen LogP contribution >= 0.6 is 11.6 Å². The second kappa shape index (κ2) is 6.91. The number of hydrogen-bond acceptors (Lipinski definition) is 3. The Bertz CT molecular complexity index is 627. The first-order chi connectivity index (χ1) is 10.7. The fraction of sp³-hybridized carbons (Fsp3) is 0.588. The van der Waals surface area contributed by atoms with Gasteiger partial charge >= 0.3 is 5.97 Å². The third-order valence-corrected chi connectivity index (χ3v) is 6.07. The van der Waals surface area contributed by atoms with Gasteiger partial charge < -0.3 is 4.74 Å². The highest BCUT2D eigenvalue weighted by molar-refractivity contribution is 7.84. The smallest absolute Gasteiger partial charge is 0.308 e.